The molecule has 0 fully saturated rings. The molecule has 1 heteroatoms. The van der Waals surface area contributed by atoms with Crippen LogP contribution in [0.3, 0.4) is 0 Å². The first-order valence-corrected chi connectivity index (χ1v) is 8.07. The fraction of sp³-hybridized carbons (Fsp3) is 0.625. The summed E-state index contributed by atoms with van der Waals surface area (Å²) in [5, 5.41) is 0.900. The molecule has 0 amide bonds. The van der Waals surface area contributed by atoms with E-state index in [0.717, 1.165) is 5.25 Å². The van der Waals surface area contributed by atoms with Gasteiger partial charge in [-0.3, -0.25) is 0 Å². The summed E-state index contributed by atoms with van der Waals surface area (Å²) < 4.78 is 0. The van der Waals surface area contributed by atoms with E-state index in [-0.39, 0.29) is 0 Å². The van der Waals surface area contributed by atoms with Crippen LogP contribution < -0.4 is 0 Å². The van der Waals surface area contributed by atoms with Gasteiger partial charge >= 0.3 is 0 Å². The van der Waals surface area contributed by atoms with E-state index >= 15 is 0 Å². The Bertz CT molecular complexity index is 268. The Morgan fingerprint density at radius 2 is 1.76 bits per heavy atom. The average Bonchev–Trinajstić information content (AvgIpc) is 2.38. The quantitative estimate of drug-likeness (QED) is 0.534. The maximum atomic E-state index is 2.32. The molecule has 0 heterocycles. The lowest BCUT2D eigenvalue weighted by molar-refractivity contribution is 0.617. The predicted octanol–water partition coefficient (Wildman–Crippen LogP) is 5.32. The number of hydrogen-bond acceptors (Lipinski definition) is 1. The Balaban J connectivity index is 2.04. The van der Waals surface area contributed by atoms with Gasteiger partial charge in [-0.05, 0) is 37.0 Å². The van der Waals surface area contributed by atoms with Gasteiger partial charge in [0.1, 0.15) is 0 Å². The van der Waals surface area contributed by atoms with Crippen molar-refractivity contribution in [1.82, 2.24) is 0 Å². The molecule has 0 bridgehead atoms. The van der Waals surface area contributed by atoms with E-state index in [4.69, 9.17) is 0 Å². The lowest BCUT2D eigenvalue weighted by atomic mass is 10.1. The van der Waals surface area contributed by atoms with Gasteiger partial charge in [0.2, 0.25) is 0 Å². The second-order valence-corrected chi connectivity index (χ2v) is 6.15. The molecule has 1 unspecified atom stereocenters. The third-order valence-corrected chi connectivity index (χ3v) is 4.57. The summed E-state index contributed by atoms with van der Waals surface area (Å²) in [6, 6.07) is 10.8. The Morgan fingerprint density at radius 1 is 1.00 bits per heavy atom. The first-order chi connectivity index (χ1) is 8.36. The summed E-state index contributed by atoms with van der Waals surface area (Å²) >= 11 is 2.13. The van der Waals surface area contributed by atoms with Gasteiger partial charge in [-0.1, -0.05) is 57.0 Å². The van der Waals surface area contributed by atoms with Gasteiger partial charge in [0.25, 0.3) is 0 Å². The van der Waals surface area contributed by atoms with E-state index in [1.54, 1.807) is 0 Å². The Morgan fingerprint density at radius 3 is 2.41 bits per heavy atom. The van der Waals surface area contributed by atoms with Crippen LogP contribution >= 0.6 is 11.8 Å². The van der Waals surface area contributed by atoms with Gasteiger partial charge in [0.15, 0.2) is 0 Å². The van der Waals surface area contributed by atoms with E-state index < -0.39 is 0 Å². The summed E-state index contributed by atoms with van der Waals surface area (Å²) in [7, 11) is 0. The van der Waals surface area contributed by atoms with Crippen LogP contribution in [0, 0.1) is 0 Å². The fourth-order valence-corrected chi connectivity index (χ4v) is 3.20. The van der Waals surface area contributed by atoms with Crippen LogP contribution in [0.2, 0.25) is 0 Å². The second kappa shape index (κ2) is 9.58. The molecular formula is C16H26S. The molecule has 1 aromatic carbocycles. The van der Waals surface area contributed by atoms with Gasteiger partial charge < -0.3 is 0 Å². The Labute approximate surface area is 111 Å². The molecule has 0 nitrogen and oxygen atoms in total. The number of rotatable bonds is 9. The molecule has 0 aliphatic heterocycles. The molecule has 17 heavy (non-hydrogen) atoms. The van der Waals surface area contributed by atoms with E-state index in [0.29, 0.717) is 0 Å². The lowest BCUT2D eigenvalue weighted by Gasteiger charge is -2.12. The van der Waals surface area contributed by atoms with Crippen molar-refractivity contribution in [3.63, 3.8) is 0 Å². The highest BCUT2D eigenvalue weighted by Crippen LogP contribution is 2.20. The lowest BCUT2D eigenvalue weighted by Crippen LogP contribution is -2.01. The molecule has 0 radical (unpaired) electrons. The van der Waals surface area contributed by atoms with Crippen molar-refractivity contribution >= 4 is 11.8 Å². The summed E-state index contributed by atoms with van der Waals surface area (Å²) in [4.78, 5) is 0. The van der Waals surface area contributed by atoms with Crippen LogP contribution in [-0.2, 0) is 6.42 Å². The van der Waals surface area contributed by atoms with Crippen molar-refractivity contribution < 1.29 is 0 Å². The number of unbranched alkanes of at least 4 members (excludes halogenated alkanes) is 2. The van der Waals surface area contributed by atoms with Crippen LogP contribution in [-0.4, -0.2) is 11.0 Å². The third kappa shape index (κ3) is 6.78. The molecule has 1 rings (SSSR count). The molecule has 0 aliphatic carbocycles. The number of benzene rings is 1. The van der Waals surface area contributed by atoms with Gasteiger partial charge in [-0.25, -0.2) is 0 Å². The van der Waals surface area contributed by atoms with Gasteiger partial charge in [-0.15, -0.1) is 0 Å². The molecule has 0 spiro atoms. The van der Waals surface area contributed by atoms with Crippen molar-refractivity contribution in [3.05, 3.63) is 35.9 Å². The van der Waals surface area contributed by atoms with Crippen LogP contribution in [0.5, 0.6) is 0 Å². The number of thioether (sulfide) groups is 1. The minimum atomic E-state index is 0.900. The maximum absolute atomic E-state index is 2.32. The van der Waals surface area contributed by atoms with Crippen molar-refractivity contribution in [3.8, 4) is 0 Å². The number of aryl methyl sites for hydroxylation is 1. The predicted molar refractivity (Wildman–Crippen MR) is 80.8 cm³/mol. The maximum Gasteiger partial charge on any atom is 0.00443 e. The smallest absolute Gasteiger partial charge is 0.00443 e. The first kappa shape index (κ1) is 14.6. The van der Waals surface area contributed by atoms with Gasteiger partial charge in [0, 0.05) is 5.25 Å². The normalized spacial score (nSPS) is 12.6. The van der Waals surface area contributed by atoms with Crippen molar-refractivity contribution in [1.29, 1.82) is 0 Å². The second-order valence-electron chi connectivity index (χ2n) is 4.57. The summed E-state index contributed by atoms with van der Waals surface area (Å²) in [5.74, 6) is 1.27. The minimum absolute atomic E-state index is 0.900. The van der Waals surface area contributed by atoms with Crippen molar-refractivity contribution in [2.75, 3.05) is 5.75 Å². The van der Waals surface area contributed by atoms with Gasteiger partial charge in [0.05, 0.1) is 0 Å². The largest absolute Gasteiger partial charge is 0.159 e. The molecule has 0 aliphatic rings. The number of hydrogen-bond donors (Lipinski definition) is 0. The van der Waals surface area contributed by atoms with E-state index in [2.05, 4.69) is 55.9 Å². The van der Waals surface area contributed by atoms with Crippen LogP contribution in [0.1, 0.15) is 51.5 Å². The molecule has 1 atom stereocenters. The highest BCUT2D eigenvalue weighted by atomic mass is 32.2. The van der Waals surface area contributed by atoms with Crippen LogP contribution in [0.4, 0.5) is 0 Å². The molecular weight excluding hydrogens is 224 g/mol. The van der Waals surface area contributed by atoms with Crippen molar-refractivity contribution in [2.45, 2.75) is 57.6 Å². The van der Waals surface area contributed by atoms with Gasteiger partial charge in [-0.2, -0.15) is 11.8 Å². The minimum Gasteiger partial charge on any atom is -0.159 e. The third-order valence-electron chi connectivity index (χ3n) is 3.19. The summed E-state index contributed by atoms with van der Waals surface area (Å²) in [5.41, 5.74) is 1.49. The highest BCUT2D eigenvalue weighted by Gasteiger charge is 2.04. The van der Waals surface area contributed by atoms with Crippen molar-refractivity contribution in [2.24, 2.45) is 0 Å². The molecule has 96 valence electrons. The first-order valence-electron chi connectivity index (χ1n) is 7.02. The zero-order valence-corrected chi connectivity index (χ0v) is 12.1. The fourth-order valence-electron chi connectivity index (χ4n) is 2.16. The topological polar surface area (TPSA) is 0 Å². The SMILES string of the molecule is CCSC(CC)CCCCCc1ccccc1. The standard InChI is InChI=1S/C16H26S/c1-3-16(17-4-2)14-10-6-9-13-15-11-7-5-8-12-15/h5,7-8,11-12,16H,3-4,6,9-10,13-14H2,1-2H3. The molecule has 0 aromatic heterocycles. The summed E-state index contributed by atoms with van der Waals surface area (Å²) in [6.45, 7) is 4.58. The molecule has 0 saturated carbocycles. The van der Waals surface area contributed by atoms with E-state index in [1.807, 2.05) is 0 Å². The monoisotopic (exact) mass is 250 g/mol. The molecule has 1 aromatic rings. The Kier molecular flexibility index (Phi) is 8.25. The zero-order valence-electron chi connectivity index (χ0n) is 11.3. The van der Waals surface area contributed by atoms with E-state index in [1.165, 1.54) is 49.8 Å². The molecule has 0 saturated heterocycles. The Hall–Kier alpha value is -0.430. The highest BCUT2D eigenvalue weighted by molar-refractivity contribution is 7.99. The summed E-state index contributed by atoms with van der Waals surface area (Å²) in [6.07, 6.45) is 8.12. The zero-order chi connectivity index (χ0) is 12.3. The molecule has 0 N–H and O–H groups in total. The van der Waals surface area contributed by atoms with E-state index in [9.17, 15) is 0 Å². The average molecular weight is 250 g/mol. The van der Waals surface area contributed by atoms with Crippen LogP contribution in [0.15, 0.2) is 30.3 Å². The van der Waals surface area contributed by atoms with Crippen LogP contribution in [0.25, 0.3) is 0 Å².